The number of likely N-dealkylation sites (tertiary alicyclic amines) is 1. The summed E-state index contributed by atoms with van der Waals surface area (Å²) in [5, 5.41) is 0. The van der Waals surface area contributed by atoms with Gasteiger partial charge in [0, 0.05) is 31.7 Å². The summed E-state index contributed by atoms with van der Waals surface area (Å²) in [4.78, 5) is 5.26. The molecule has 17 heavy (non-hydrogen) atoms. The van der Waals surface area contributed by atoms with Crippen LogP contribution in [-0.2, 0) is 6.54 Å². The van der Waals surface area contributed by atoms with Gasteiger partial charge in [-0.25, -0.2) is 0 Å². The first kappa shape index (κ1) is 11.2. The quantitative estimate of drug-likeness (QED) is 0.769. The van der Waals surface area contributed by atoms with Crippen molar-refractivity contribution in [2.45, 2.75) is 37.9 Å². The highest BCUT2D eigenvalue weighted by Gasteiger charge is 2.34. The SMILES string of the molecule is CN1C2CCCC1CN(Cc1ccccc1)C2. The van der Waals surface area contributed by atoms with Crippen molar-refractivity contribution < 1.29 is 0 Å². The van der Waals surface area contributed by atoms with Crippen molar-refractivity contribution in [3.63, 3.8) is 0 Å². The van der Waals surface area contributed by atoms with Crippen LogP contribution in [0.5, 0.6) is 0 Å². The van der Waals surface area contributed by atoms with Crippen LogP contribution in [-0.4, -0.2) is 42.0 Å². The van der Waals surface area contributed by atoms with E-state index in [2.05, 4.69) is 47.2 Å². The van der Waals surface area contributed by atoms with E-state index in [4.69, 9.17) is 0 Å². The monoisotopic (exact) mass is 230 g/mol. The Hall–Kier alpha value is -0.860. The number of piperidine rings is 1. The van der Waals surface area contributed by atoms with E-state index in [0.29, 0.717) is 0 Å². The molecule has 0 aliphatic carbocycles. The fourth-order valence-corrected chi connectivity index (χ4v) is 3.38. The second-order valence-corrected chi connectivity index (χ2v) is 5.58. The third-order valence-corrected chi connectivity index (χ3v) is 4.41. The molecule has 1 aromatic carbocycles. The second-order valence-electron chi connectivity index (χ2n) is 5.58. The van der Waals surface area contributed by atoms with Gasteiger partial charge in [0.1, 0.15) is 0 Å². The van der Waals surface area contributed by atoms with Crippen LogP contribution in [0, 0.1) is 0 Å². The maximum absolute atomic E-state index is 2.64. The number of likely N-dealkylation sites (N-methyl/N-ethyl adjacent to an activating group) is 1. The van der Waals surface area contributed by atoms with Crippen molar-refractivity contribution in [3.05, 3.63) is 35.9 Å². The van der Waals surface area contributed by atoms with Gasteiger partial charge < -0.3 is 0 Å². The largest absolute Gasteiger partial charge is 0.298 e. The Kier molecular flexibility index (Phi) is 3.17. The lowest BCUT2D eigenvalue weighted by atomic mass is 9.92. The maximum atomic E-state index is 2.64. The number of fused-ring (bicyclic) bond motifs is 2. The van der Waals surface area contributed by atoms with E-state index in [0.717, 1.165) is 18.6 Å². The van der Waals surface area contributed by atoms with Crippen molar-refractivity contribution in [2.24, 2.45) is 0 Å². The number of rotatable bonds is 2. The molecule has 2 aliphatic heterocycles. The normalized spacial score (nSPS) is 30.4. The minimum absolute atomic E-state index is 0.797. The molecular weight excluding hydrogens is 208 g/mol. The van der Waals surface area contributed by atoms with Gasteiger partial charge in [0.05, 0.1) is 0 Å². The highest BCUT2D eigenvalue weighted by Crippen LogP contribution is 2.27. The van der Waals surface area contributed by atoms with Gasteiger partial charge in [0.15, 0.2) is 0 Å². The molecule has 1 aromatic rings. The number of hydrogen-bond donors (Lipinski definition) is 0. The average molecular weight is 230 g/mol. The van der Waals surface area contributed by atoms with E-state index in [1.807, 2.05) is 0 Å². The molecule has 2 fully saturated rings. The number of nitrogens with zero attached hydrogens (tertiary/aromatic N) is 2. The summed E-state index contributed by atoms with van der Waals surface area (Å²) in [6.45, 7) is 3.63. The van der Waals surface area contributed by atoms with Crippen molar-refractivity contribution in [1.29, 1.82) is 0 Å². The highest BCUT2D eigenvalue weighted by molar-refractivity contribution is 5.14. The predicted molar refractivity (Wildman–Crippen MR) is 70.9 cm³/mol. The summed E-state index contributed by atoms with van der Waals surface area (Å²) >= 11 is 0. The summed E-state index contributed by atoms with van der Waals surface area (Å²) in [5.74, 6) is 0. The molecule has 2 nitrogen and oxygen atoms in total. The van der Waals surface area contributed by atoms with E-state index < -0.39 is 0 Å². The van der Waals surface area contributed by atoms with Gasteiger partial charge >= 0.3 is 0 Å². The van der Waals surface area contributed by atoms with E-state index in [-0.39, 0.29) is 0 Å². The lowest BCUT2D eigenvalue weighted by Gasteiger charge is -2.48. The van der Waals surface area contributed by atoms with Crippen LogP contribution in [0.3, 0.4) is 0 Å². The van der Waals surface area contributed by atoms with Crippen molar-refractivity contribution in [3.8, 4) is 0 Å². The van der Waals surface area contributed by atoms with Crippen LogP contribution in [0.25, 0.3) is 0 Å². The van der Waals surface area contributed by atoms with Crippen molar-refractivity contribution in [1.82, 2.24) is 9.80 Å². The molecule has 92 valence electrons. The topological polar surface area (TPSA) is 6.48 Å². The standard InChI is InChI=1S/C15H22N2/c1-16-14-8-5-9-15(16)12-17(11-14)10-13-6-3-2-4-7-13/h2-4,6-7,14-15H,5,8-12H2,1H3. The molecular formula is C15H22N2. The van der Waals surface area contributed by atoms with Crippen LogP contribution in [0.4, 0.5) is 0 Å². The van der Waals surface area contributed by atoms with E-state index in [9.17, 15) is 0 Å². The molecule has 0 spiro atoms. The Morgan fingerprint density at radius 2 is 1.71 bits per heavy atom. The molecule has 2 bridgehead atoms. The van der Waals surface area contributed by atoms with Crippen LogP contribution >= 0.6 is 0 Å². The van der Waals surface area contributed by atoms with Gasteiger partial charge in [0.2, 0.25) is 0 Å². The summed E-state index contributed by atoms with van der Waals surface area (Å²) in [6, 6.07) is 12.5. The number of benzene rings is 1. The average Bonchev–Trinajstić information content (AvgIpc) is 2.32. The minimum Gasteiger partial charge on any atom is -0.298 e. The summed E-state index contributed by atoms with van der Waals surface area (Å²) < 4.78 is 0. The van der Waals surface area contributed by atoms with Gasteiger partial charge in [-0.05, 0) is 25.5 Å². The number of hydrogen-bond acceptors (Lipinski definition) is 2. The van der Waals surface area contributed by atoms with Gasteiger partial charge in [-0.1, -0.05) is 36.8 Å². The van der Waals surface area contributed by atoms with Gasteiger partial charge in [-0.2, -0.15) is 0 Å². The Morgan fingerprint density at radius 1 is 1.06 bits per heavy atom. The summed E-state index contributed by atoms with van der Waals surface area (Å²) in [7, 11) is 2.31. The third kappa shape index (κ3) is 2.38. The maximum Gasteiger partial charge on any atom is 0.0235 e. The lowest BCUT2D eigenvalue weighted by molar-refractivity contribution is 0.00648. The van der Waals surface area contributed by atoms with Crippen LogP contribution < -0.4 is 0 Å². The molecule has 0 N–H and O–H groups in total. The first-order chi connectivity index (χ1) is 8.33. The molecule has 0 amide bonds. The van der Waals surface area contributed by atoms with Gasteiger partial charge in [-0.3, -0.25) is 9.80 Å². The lowest BCUT2D eigenvalue weighted by Crippen LogP contribution is -2.58. The molecule has 0 radical (unpaired) electrons. The molecule has 2 unspecified atom stereocenters. The first-order valence-corrected chi connectivity index (χ1v) is 6.81. The number of piperazine rings is 1. The smallest absolute Gasteiger partial charge is 0.0235 e. The van der Waals surface area contributed by atoms with E-state index in [1.54, 1.807) is 0 Å². The Bertz CT molecular complexity index is 348. The fraction of sp³-hybridized carbons (Fsp3) is 0.600. The van der Waals surface area contributed by atoms with Gasteiger partial charge in [0.25, 0.3) is 0 Å². The molecule has 2 aliphatic rings. The van der Waals surface area contributed by atoms with E-state index >= 15 is 0 Å². The summed E-state index contributed by atoms with van der Waals surface area (Å²) in [5.41, 5.74) is 1.45. The molecule has 2 heteroatoms. The van der Waals surface area contributed by atoms with Crippen LogP contribution in [0.2, 0.25) is 0 Å². The van der Waals surface area contributed by atoms with Crippen molar-refractivity contribution >= 4 is 0 Å². The molecule has 0 aromatic heterocycles. The minimum atomic E-state index is 0.797. The third-order valence-electron chi connectivity index (χ3n) is 4.41. The van der Waals surface area contributed by atoms with Crippen molar-refractivity contribution in [2.75, 3.05) is 20.1 Å². The zero-order valence-corrected chi connectivity index (χ0v) is 10.7. The molecule has 2 atom stereocenters. The van der Waals surface area contributed by atoms with Crippen LogP contribution in [0.15, 0.2) is 30.3 Å². The molecule has 3 rings (SSSR count). The Labute approximate surface area is 104 Å². The zero-order chi connectivity index (χ0) is 11.7. The summed E-state index contributed by atoms with van der Waals surface area (Å²) in [6.07, 6.45) is 4.20. The predicted octanol–water partition coefficient (Wildman–Crippen LogP) is 2.36. The first-order valence-electron chi connectivity index (χ1n) is 6.81. The molecule has 2 saturated heterocycles. The van der Waals surface area contributed by atoms with E-state index in [1.165, 1.54) is 37.9 Å². The highest BCUT2D eigenvalue weighted by atomic mass is 15.3. The zero-order valence-electron chi connectivity index (χ0n) is 10.7. The fourth-order valence-electron chi connectivity index (χ4n) is 3.38. The van der Waals surface area contributed by atoms with Crippen LogP contribution in [0.1, 0.15) is 24.8 Å². The molecule has 2 heterocycles. The Balaban J connectivity index is 1.66. The second kappa shape index (κ2) is 4.79. The van der Waals surface area contributed by atoms with Gasteiger partial charge in [-0.15, -0.1) is 0 Å². The Morgan fingerprint density at radius 3 is 2.35 bits per heavy atom. The molecule has 0 saturated carbocycles.